The first-order valence-electron chi connectivity index (χ1n) is 6.46. The number of hydrogen-bond donors (Lipinski definition) is 1. The highest BCUT2D eigenvalue weighted by molar-refractivity contribution is 6.08. The maximum absolute atomic E-state index is 13.1. The number of carbonyl (C=O) groups excluding carboxylic acids is 2. The maximum Gasteiger partial charge on any atom is 0.290 e. The first-order chi connectivity index (χ1) is 9.97. The van der Waals surface area contributed by atoms with Crippen molar-refractivity contribution >= 4 is 11.7 Å². The smallest absolute Gasteiger partial charge is 0.290 e. The summed E-state index contributed by atoms with van der Waals surface area (Å²) >= 11 is 0. The highest BCUT2D eigenvalue weighted by atomic mass is 19.1. The van der Waals surface area contributed by atoms with Crippen LogP contribution in [0.1, 0.15) is 18.5 Å². The van der Waals surface area contributed by atoms with Gasteiger partial charge in [-0.05, 0) is 24.6 Å². The molecule has 0 unspecified atom stereocenters. The lowest BCUT2D eigenvalue weighted by Crippen LogP contribution is -2.33. The van der Waals surface area contributed by atoms with Crippen molar-refractivity contribution in [2.45, 2.75) is 13.0 Å². The average Bonchev–Trinajstić information content (AvgIpc) is 2.70. The van der Waals surface area contributed by atoms with Gasteiger partial charge in [-0.1, -0.05) is 12.1 Å². The van der Waals surface area contributed by atoms with Crippen LogP contribution < -0.4 is 0 Å². The second-order valence-corrected chi connectivity index (χ2v) is 4.76. The van der Waals surface area contributed by atoms with Gasteiger partial charge < -0.3 is 14.7 Å². The predicted molar refractivity (Wildman–Crippen MR) is 73.1 cm³/mol. The van der Waals surface area contributed by atoms with E-state index in [2.05, 4.69) is 0 Å². The van der Waals surface area contributed by atoms with E-state index in [1.807, 2.05) is 0 Å². The Bertz CT molecular complexity index is 594. The third kappa shape index (κ3) is 2.80. The largest absolute Gasteiger partial charge is 0.503 e. The van der Waals surface area contributed by atoms with Crippen LogP contribution in [-0.2, 0) is 14.3 Å². The normalized spacial score (nSPS) is 18.5. The summed E-state index contributed by atoms with van der Waals surface area (Å²) < 4.78 is 18.0. The van der Waals surface area contributed by atoms with Crippen LogP contribution >= 0.6 is 0 Å². The van der Waals surface area contributed by atoms with Crippen LogP contribution in [-0.4, -0.2) is 42.0 Å². The number of aliphatic hydroxyl groups is 1. The number of rotatable bonds is 5. The number of methoxy groups -OCH3 is 1. The molecule has 1 aliphatic heterocycles. The van der Waals surface area contributed by atoms with Gasteiger partial charge in [0.05, 0.1) is 18.2 Å². The van der Waals surface area contributed by atoms with Gasteiger partial charge in [-0.2, -0.15) is 0 Å². The minimum Gasteiger partial charge on any atom is -0.503 e. The number of Topliss-reactive ketones (excluding diaryl/α,β-unsaturated/α-hetero) is 1. The van der Waals surface area contributed by atoms with Crippen LogP contribution in [0.2, 0.25) is 0 Å². The summed E-state index contributed by atoms with van der Waals surface area (Å²) in [6, 6.07) is 4.78. The number of aliphatic hydroxyl groups excluding tert-OH is 1. The summed E-state index contributed by atoms with van der Waals surface area (Å²) in [4.78, 5) is 25.2. The van der Waals surface area contributed by atoms with Crippen molar-refractivity contribution in [3.8, 4) is 0 Å². The van der Waals surface area contributed by atoms with E-state index in [1.54, 1.807) is 0 Å². The summed E-state index contributed by atoms with van der Waals surface area (Å²) in [5.41, 5.74) is 0.595. The molecule has 5 nitrogen and oxygen atoms in total. The maximum atomic E-state index is 13.1. The van der Waals surface area contributed by atoms with Crippen molar-refractivity contribution in [1.82, 2.24) is 4.90 Å². The van der Waals surface area contributed by atoms with Crippen molar-refractivity contribution in [3.63, 3.8) is 0 Å². The Kier molecular flexibility index (Phi) is 4.37. The van der Waals surface area contributed by atoms with Crippen LogP contribution in [0.4, 0.5) is 4.39 Å². The number of ether oxygens (including phenoxy) is 1. The predicted octanol–water partition coefficient (Wildman–Crippen LogP) is 1.76. The van der Waals surface area contributed by atoms with Gasteiger partial charge in [0.1, 0.15) is 5.82 Å². The Morgan fingerprint density at radius 1 is 1.38 bits per heavy atom. The van der Waals surface area contributed by atoms with Gasteiger partial charge in [0, 0.05) is 13.7 Å². The van der Waals surface area contributed by atoms with E-state index in [9.17, 15) is 19.1 Å². The van der Waals surface area contributed by atoms with E-state index in [1.165, 1.54) is 43.2 Å². The fraction of sp³-hybridized carbons (Fsp3) is 0.333. The average molecular weight is 293 g/mol. The second-order valence-electron chi connectivity index (χ2n) is 4.76. The van der Waals surface area contributed by atoms with Crippen LogP contribution in [0.15, 0.2) is 35.6 Å². The van der Waals surface area contributed by atoms with Gasteiger partial charge in [0.25, 0.3) is 5.91 Å². The molecule has 0 aromatic heterocycles. The molecule has 1 N–H and O–H groups in total. The van der Waals surface area contributed by atoms with E-state index >= 15 is 0 Å². The Hall–Kier alpha value is -2.21. The number of carbonyl (C=O) groups is 2. The van der Waals surface area contributed by atoms with Gasteiger partial charge >= 0.3 is 0 Å². The van der Waals surface area contributed by atoms with Crippen molar-refractivity contribution < 1.29 is 23.8 Å². The molecule has 0 bridgehead atoms. The lowest BCUT2D eigenvalue weighted by atomic mass is 9.97. The van der Waals surface area contributed by atoms with Crippen molar-refractivity contribution in [2.24, 2.45) is 0 Å². The molecule has 1 aromatic rings. The Morgan fingerprint density at radius 2 is 2.00 bits per heavy atom. The Labute approximate surface area is 121 Å². The Balaban J connectivity index is 2.46. The minimum atomic E-state index is -0.717. The fourth-order valence-corrected chi connectivity index (χ4v) is 2.43. The molecular weight excluding hydrogens is 277 g/mol. The molecule has 2 rings (SSSR count). The van der Waals surface area contributed by atoms with Crippen LogP contribution in [0.3, 0.4) is 0 Å². The zero-order chi connectivity index (χ0) is 15.6. The molecule has 6 heteroatoms. The number of halogens is 1. The van der Waals surface area contributed by atoms with Crippen LogP contribution in [0, 0.1) is 5.82 Å². The first kappa shape index (κ1) is 15.2. The number of hydrogen-bond acceptors (Lipinski definition) is 4. The molecule has 1 aliphatic rings. The molecule has 21 heavy (non-hydrogen) atoms. The van der Waals surface area contributed by atoms with Gasteiger partial charge in [-0.15, -0.1) is 0 Å². The lowest BCUT2D eigenvalue weighted by molar-refractivity contribution is -0.130. The summed E-state index contributed by atoms with van der Waals surface area (Å²) in [6.07, 6.45) is 0. The van der Waals surface area contributed by atoms with Crippen molar-refractivity contribution in [3.05, 3.63) is 47.0 Å². The number of benzene rings is 1. The molecule has 1 amide bonds. The molecule has 0 saturated carbocycles. The number of ketones is 1. The monoisotopic (exact) mass is 293 g/mol. The zero-order valence-electron chi connectivity index (χ0n) is 11.8. The van der Waals surface area contributed by atoms with Gasteiger partial charge in [-0.3, -0.25) is 9.59 Å². The summed E-state index contributed by atoms with van der Waals surface area (Å²) in [6.45, 7) is 1.77. The van der Waals surface area contributed by atoms with Gasteiger partial charge in [0.2, 0.25) is 0 Å². The molecular formula is C15H16FNO4. The van der Waals surface area contributed by atoms with Crippen molar-refractivity contribution in [2.75, 3.05) is 20.3 Å². The highest BCUT2D eigenvalue weighted by Crippen LogP contribution is 2.37. The topological polar surface area (TPSA) is 66.8 Å². The minimum absolute atomic E-state index is 0.0303. The van der Waals surface area contributed by atoms with Gasteiger partial charge in [-0.25, -0.2) is 4.39 Å². The van der Waals surface area contributed by atoms with Crippen molar-refractivity contribution in [1.29, 1.82) is 0 Å². The van der Waals surface area contributed by atoms with Crippen LogP contribution in [0.5, 0.6) is 0 Å². The van der Waals surface area contributed by atoms with E-state index in [-0.39, 0.29) is 18.7 Å². The molecule has 0 spiro atoms. The molecule has 0 saturated heterocycles. The molecule has 0 aliphatic carbocycles. The quantitative estimate of drug-likeness (QED) is 0.898. The van der Waals surface area contributed by atoms with E-state index in [4.69, 9.17) is 4.74 Å². The first-order valence-corrected chi connectivity index (χ1v) is 6.46. The van der Waals surface area contributed by atoms with Gasteiger partial charge in [0.15, 0.2) is 11.5 Å². The van der Waals surface area contributed by atoms with E-state index in [0.29, 0.717) is 5.56 Å². The molecule has 1 atom stereocenters. The molecule has 0 fully saturated rings. The van der Waals surface area contributed by atoms with E-state index < -0.39 is 29.3 Å². The number of amides is 1. The molecule has 112 valence electrons. The third-order valence-electron chi connectivity index (χ3n) is 3.41. The lowest BCUT2D eigenvalue weighted by Gasteiger charge is -2.26. The Morgan fingerprint density at radius 3 is 2.52 bits per heavy atom. The molecule has 1 aromatic carbocycles. The summed E-state index contributed by atoms with van der Waals surface area (Å²) in [5, 5.41) is 9.94. The zero-order valence-corrected chi connectivity index (χ0v) is 11.8. The SMILES string of the molecule is COCCN1C(=O)C(O)=C(C(C)=O)[C@H]1c1ccc(F)cc1. The third-order valence-corrected chi connectivity index (χ3v) is 3.41. The standard InChI is InChI=1S/C15H16FNO4/c1-9(18)12-13(10-3-5-11(16)6-4-10)17(7-8-21-2)15(20)14(12)19/h3-6,13,19H,7-8H2,1-2H3/t13-/m1/s1. The van der Waals surface area contributed by atoms with E-state index in [0.717, 1.165) is 0 Å². The fourth-order valence-electron chi connectivity index (χ4n) is 2.43. The highest BCUT2D eigenvalue weighted by Gasteiger charge is 2.41. The summed E-state index contributed by atoms with van der Waals surface area (Å²) in [5.74, 6) is -1.97. The number of nitrogens with zero attached hydrogens (tertiary/aromatic N) is 1. The summed E-state index contributed by atoms with van der Waals surface area (Å²) in [7, 11) is 1.49. The molecule has 1 heterocycles. The van der Waals surface area contributed by atoms with Crippen LogP contribution in [0.25, 0.3) is 0 Å². The molecule has 0 radical (unpaired) electrons. The second kappa shape index (κ2) is 6.05.